The summed E-state index contributed by atoms with van der Waals surface area (Å²) in [5, 5.41) is 4.59. The van der Waals surface area contributed by atoms with Crippen molar-refractivity contribution in [3.8, 4) is 0 Å². The van der Waals surface area contributed by atoms with Gasteiger partial charge in [0.15, 0.2) is 0 Å². The summed E-state index contributed by atoms with van der Waals surface area (Å²) in [6.45, 7) is 3.76. The number of anilines is 3. The Morgan fingerprint density at radius 3 is 2.55 bits per heavy atom. The molecule has 1 aromatic heterocycles. The molecule has 11 heteroatoms. The van der Waals surface area contributed by atoms with Crippen molar-refractivity contribution in [3.63, 3.8) is 0 Å². The number of hydrogen-bond acceptors (Lipinski definition) is 7. The quantitative estimate of drug-likeness (QED) is 0.679. The van der Waals surface area contributed by atoms with Crippen LogP contribution >= 0.6 is 23.2 Å². The Kier molecular flexibility index (Phi) is 6.37. The van der Waals surface area contributed by atoms with Gasteiger partial charge in [-0.2, -0.15) is 4.98 Å². The highest BCUT2D eigenvalue weighted by Gasteiger charge is 2.31. The van der Waals surface area contributed by atoms with Crippen molar-refractivity contribution in [1.82, 2.24) is 14.9 Å². The number of benzene rings is 1. The van der Waals surface area contributed by atoms with Gasteiger partial charge in [-0.05, 0) is 24.6 Å². The molecular weight excluding hydrogens is 483 g/mol. The van der Waals surface area contributed by atoms with E-state index < -0.39 is 10.8 Å². The first-order chi connectivity index (χ1) is 15.9. The molecule has 1 amide bonds. The fourth-order valence-electron chi connectivity index (χ4n) is 4.59. The number of hydrogen-bond donors (Lipinski definition) is 1. The van der Waals surface area contributed by atoms with Gasteiger partial charge in [0.25, 0.3) is 0 Å². The number of carbonyl (C=O) groups excluding carboxylic acids is 1. The molecule has 0 saturated carbocycles. The van der Waals surface area contributed by atoms with E-state index in [2.05, 4.69) is 15.1 Å². The molecule has 8 nitrogen and oxygen atoms in total. The van der Waals surface area contributed by atoms with Crippen molar-refractivity contribution in [2.75, 3.05) is 60.6 Å². The topological polar surface area (TPSA) is 81.7 Å². The molecule has 2 saturated heterocycles. The number of likely N-dealkylation sites (N-methyl/N-ethyl adjacent to an activating group) is 1. The summed E-state index contributed by atoms with van der Waals surface area (Å²) in [5.74, 6) is 2.07. The molecular formula is C22H26Cl2N6O2S. The maximum Gasteiger partial charge on any atom is 0.227 e. The van der Waals surface area contributed by atoms with Gasteiger partial charge in [-0.25, -0.2) is 4.98 Å². The van der Waals surface area contributed by atoms with Crippen LogP contribution in [0.2, 0.25) is 10.0 Å². The monoisotopic (exact) mass is 508 g/mol. The fraction of sp³-hybridized carbons (Fsp3) is 0.500. The smallest absolute Gasteiger partial charge is 0.227 e. The number of nitrogens with one attached hydrogen (secondary N) is 1. The number of rotatable bonds is 4. The van der Waals surface area contributed by atoms with Gasteiger partial charge in [-0.3, -0.25) is 9.00 Å². The minimum atomic E-state index is -1.10. The molecule has 2 fully saturated rings. The molecule has 1 N–H and O–H groups in total. The lowest BCUT2D eigenvalue weighted by atomic mass is 10.1. The predicted molar refractivity (Wildman–Crippen MR) is 132 cm³/mol. The van der Waals surface area contributed by atoms with Crippen LogP contribution in [0.3, 0.4) is 0 Å². The molecule has 5 rings (SSSR count). The van der Waals surface area contributed by atoms with Crippen LogP contribution in [0.15, 0.2) is 23.1 Å². The highest BCUT2D eigenvalue weighted by molar-refractivity contribution is 7.85. The zero-order valence-corrected chi connectivity index (χ0v) is 20.7. The van der Waals surface area contributed by atoms with Gasteiger partial charge in [0.2, 0.25) is 11.9 Å². The van der Waals surface area contributed by atoms with Crippen molar-refractivity contribution in [2.24, 2.45) is 0 Å². The average molecular weight is 509 g/mol. The van der Waals surface area contributed by atoms with Crippen molar-refractivity contribution in [2.45, 2.75) is 30.2 Å². The fourth-order valence-corrected chi connectivity index (χ4v) is 6.20. The molecule has 0 bridgehead atoms. The number of aryl methyl sites for hydroxylation is 1. The van der Waals surface area contributed by atoms with Gasteiger partial charge in [0.1, 0.15) is 10.7 Å². The molecule has 2 atom stereocenters. The molecule has 176 valence electrons. The predicted octanol–water partition coefficient (Wildman–Crippen LogP) is 2.81. The molecule has 3 aliphatic rings. The van der Waals surface area contributed by atoms with Crippen LogP contribution in [0.4, 0.5) is 17.5 Å². The SMILES string of the molecule is CN1CC(Nc2nc(N3CCN(c4ccc(Cl)c(Cl)c4)CC3)nc3c2[S@@](=O)CC3)CCC1=O. The second kappa shape index (κ2) is 9.27. The standard InChI is InChI=1S/C22H26Cl2N6O2S/c1-28-13-14(2-5-19(28)31)25-21-20-18(6-11-33(20)32)26-22(27-21)30-9-7-29(8-10-30)15-3-4-16(23)17(24)12-15/h3-4,12,14H,2,5-11,13H2,1H3,(H,25,26,27)/t14?,33-/m0/s1. The number of amides is 1. The Bertz CT molecular complexity index is 1110. The number of piperidine rings is 1. The van der Waals surface area contributed by atoms with Crippen LogP contribution in [-0.2, 0) is 22.0 Å². The molecule has 0 radical (unpaired) electrons. The largest absolute Gasteiger partial charge is 0.368 e. The van der Waals surface area contributed by atoms with Crippen LogP contribution in [0.5, 0.6) is 0 Å². The highest BCUT2D eigenvalue weighted by Crippen LogP contribution is 2.32. The molecule has 3 aliphatic heterocycles. The van der Waals surface area contributed by atoms with E-state index in [-0.39, 0.29) is 11.9 Å². The van der Waals surface area contributed by atoms with E-state index >= 15 is 0 Å². The summed E-state index contributed by atoms with van der Waals surface area (Å²) < 4.78 is 12.7. The summed E-state index contributed by atoms with van der Waals surface area (Å²) in [4.78, 5) is 28.4. The van der Waals surface area contributed by atoms with Crippen molar-refractivity contribution >= 4 is 57.4 Å². The summed E-state index contributed by atoms with van der Waals surface area (Å²) in [6, 6.07) is 5.79. The molecule has 33 heavy (non-hydrogen) atoms. The Morgan fingerprint density at radius 1 is 1.06 bits per heavy atom. The number of aromatic nitrogens is 2. The normalized spacial score (nSPS) is 23.1. The molecule has 0 spiro atoms. The molecule has 1 aromatic carbocycles. The van der Waals surface area contributed by atoms with Gasteiger partial charge in [-0.15, -0.1) is 0 Å². The Hall–Kier alpha value is -2.10. The van der Waals surface area contributed by atoms with E-state index in [1.165, 1.54) is 0 Å². The molecule has 1 unspecified atom stereocenters. The number of fused-ring (bicyclic) bond motifs is 1. The summed E-state index contributed by atoms with van der Waals surface area (Å²) in [7, 11) is 0.721. The van der Waals surface area contributed by atoms with Crippen LogP contribution in [0, 0.1) is 0 Å². The van der Waals surface area contributed by atoms with Crippen LogP contribution < -0.4 is 15.1 Å². The first-order valence-corrected chi connectivity index (χ1v) is 13.2. The highest BCUT2D eigenvalue weighted by atomic mass is 35.5. The van der Waals surface area contributed by atoms with Gasteiger partial charge in [0.05, 0.1) is 26.5 Å². The van der Waals surface area contributed by atoms with E-state index in [4.69, 9.17) is 33.2 Å². The van der Waals surface area contributed by atoms with Crippen molar-refractivity contribution in [3.05, 3.63) is 33.9 Å². The Morgan fingerprint density at radius 2 is 1.82 bits per heavy atom. The van der Waals surface area contributed by atoms with Gasteiger partial charge < -0.3 is 20.0 Å². The number of carbonyl (C=O) groups is 1. The second-order valence-corrected chi connectivity index (χ2v) is 11.0. The van der Waals surface area contributed by atoms with Crippen molar-refractivity contribution < 1.29 is 9.00 Å². The second-order valence-electron chi connectivity index (χ2n) is 8.67. The van der Waals surface area contributed by atoms with E-state index in [0.717, 1.165) is 48.9 Å². The summed E-state index contributed by atoms with van der Waals surface area (Å²) >= 11 is 12.3. The van der Waals surface area contributed by atoms with Gasteiger partial charge >= 0.3 is 0 Å². The summed E-state index contributed by atoms with van der Waals surface area (Å²) in [6.07, 6.45) is 1.94. The third-order valence-electron chi connectivity index (χ3n) is 6.47. The van der Waals surface area contributed by atoms with Crippen LogP contribution in [0.1, 0.15) is 18.5 Å². The van der Waals surface area contributed by atoms with E-state index in [9.17, 15) is 9.00 Å². The zero-order valence-electron chi connectivity index (χ0n) is 18.4. The van der Waals surface area contributed by atoms with E-state index in [0.29, 0.717) is 47.0 Å². The number of piperazine rings is 1. The molecule has 4 heterocycles. The Balaban J connectivity index is 1.34. The van der Waals surface area contributed by atoms with Gasteiger partial charge in [0, 0.05) is 70.1 Å². The van der Waals surface area contributed by atoms with E-state index in [1.54, 1.807) is 4.90 Å². The minimum Gasteiger partial charge on any atom is -0.368 e. The maximum atomic E-state index is 12.7. The minimum absolute atomic E-state index is 0.0867. The maximum absolute atomic E-state index is 12.7. The zero-order chi connectivity index (χ0) is 23.1. The first kappa shape index (κ1) is 22.7. The van der Waals surface area contributed by atoms with Crippen molar-refractivity contribution in [1.29, 1.82) is 0 Å². The number of halogens is 2. The van der Waals surface area contributed by atoms with Crippen LogP contribution in [-0.4, -0.2) is 76.6 Å². The summed E-state index contributed by atoms with van der Waals surface area (Å²) in [5.41, 5.74) is 1.92. The number of likely N-dealkylation sites (tertiary alicyclic amines) is 1. The van der Waals surface area contributed by atoms with Gasteiger partial charge in [-0.1, -0.05) is 23.2 Å². The lowest BCUT2D eigenvalue weighted by Crippen LogP contribution is -2.47. The first-order valence-electron chi connectivity index (χ1n) is 11.1. The third-order valence-corrected chi connectivity index (χ3v) is 8.67. The van der Waals surface area contributed by atoms with Crippen LogP contribution in [0.25, 0.3) is 0 Å². The lowest BCUT2D eigenvalue weighted by molar-refractivity contribution is -0.132. The van der Waals surface area contributed by atoms with E-state index in [1.807, 2.05) is 25.2 Å². The lowest BCUT2D eigenvalue weighted by Gasteiger charge is -2.36. The number of nitrogens with zero attached hydrogens (tertiary/aromatic N) is 5. The average Bonchev–Trinajstić information content (AvgIpc) is 3.19. The molecule has 2 aromatic rings. The molecule has 0 aliphatic carbocycles. The third kappa shape index (κ3) is 4.63. The Labute approximate surface area is 205 Å².